The molecule has 0 bridgehead atoms. The number of imidazole rings is 1. The average molecular weight is 884 g/mol. The number of hydrogen-bond donors (Lipinski definition) is 8. The van der Waals surface area contributed by atoms with Crippen molar-refractivity contribution < 1.29 is 28.8 Å². The second-order valence-corrected chi connectivity index (χ2v) is 16.8. The summed E-state index contributed by atoms with van der Waals surface area (Å²) in [4.78, 5) is 100. The SMILES string of the molecule is NCCCC[C@H](NC(=O)[C@H](CC(=O)[C@H](Cc1c[nH]c2ccccc12)N1CCN(CC(=O)[C@@H](Cc2c[nH]c3ccccc23)NC(=O)[C@@H](N)Cc2cnc[nH]2)C1=O)Cc1ccccc1)C(N)=O. The summed E-state index contributed by atoms with van der Waals surface area (Å²) in [5.74, 6) is -3.41. The van der Waals surface area contributed by atoms with E-state index in [0.29, 0.717) is 31.5 Å². The third kappa shape index (κ3) is 11.5. The number of urea groups is 1. The molecule has 0 aliphatic carbocycles. The summed E-state index contributed by atoms with van der Waals surface area (Å²) in [6.45, 7) is 0.337. The number of amides is 5. The third-order valence-corrected chi connectivity index (χ3v) is 12.2. The van der Waals surface area contributed by atoms with Gasteiger partial charge < -0.3 is 52.6 Å². The lowest BCUT2D eigenvalue weighted by atomic mass is 9.88. The van der Waals surface area contributed by atoms with Crippen molar-refractivity contribution in [2.45, 2.75) is 75.5 Å². The molecule has 0 unspecified atom stereocenters. The zero-order valence-corrected chi connectivity index (χ0v) is 36.2. The highest BCUT2D eigenvalue weighted by Gasteiger charge is 2.40. The minimum atomic E-state index is -1.04. The van der Waals surface area contributed by atoms with Gasteiger partial charge in [0.25, 0.3) is 0 Å². The van der Waals surface area contributed by atoms with E-state index in [9.17, 15) is 28.8 Å². The number of unbranched alkanes of at least 4 members (excludes halogenated alkanes) is 1. The Morgan fingerprint density at radius 1 is 0.723 bits per heavy atom. The zero-order valence-electron chi connectivity index (χ0n) is 36.2. The third-order valence-electron chi connectivity index (χ3n) is 12.2. The smallest absolute Gasteiger partial charge is 0.321 e. The molecule has 0 saturated carbocycles. The highest BCUT2D eigenvalue weighted by Crippen LogP contribution is 2.26. The first-order valence-corrected chi connectivity index (χ1v) is 22.1. The molecule has 0 radical (unpaired) electrons. The van der Waals surface area contributed by atoms with E-state index in [4.69, 9.17) is 17.2 Å². The van der Waals surface area contributed by atoms with Crippen LogP contribution in [0.1, 0.15) is 48.1 Å². The van der Waals surface area contributed by atoms with Gasteiger partial charge in [-0.05, 0) is 61.1 Å². The number of nitrogens with one attached hydrogen (secondary N) is 5. The number of ketones is 2. The Kier molecular flexibility index (Phi) is 15.2. The topological polar surface area (TPSA) is 271 Å². The number of nitrogens with two attached hydrogens (primary N) is 3. The molecule has 3 aromatic heterocycles. The van der Waals surface area contributed by atoms with Crippen molar-refractivity contribution in [2.75, 3.05) is 26.2 Å². The van der Waals surface area contributed by atoms with Crippen LogP contribution in [0.5, 0.6) is 0 Å². The first kappa shape index (κ1) is 45.9. The summed E-state index contributed by atoms with van der Waals surface area (Å²) in [5.41, 5.74) is 22.5. The van der Waals surface area contributed by atoms with Crippen molar-refractivity contribution >= 4 is 57.1 Å². The lowest BCUT2D eigenvalue weighted by molar-refractivity contribution is -0.133. The number of H-pyrrole nitrogens is 3. The lowest BCUT2D eigenvalue weighted by Gasteiger charge is -2.29. The fourth-order valence-corrected chi connectivity index (χ4v) is 8.62. The van der Waals surface area contributed by atoms with Gasteiger partial charge in [-0.25, -0.2) is 9.78 Å². The van der Waals surface area contributed by atoms with Crippen LogP contribution in [0.4, 0.5) is 4.79 Å². The molecule has 17 heteroatoms. The number of para-hydroxylation sites is 2. The van der Waals surface area contributed by atoms with E-state index in [1.54, 1.807) is 12.4 Å². The second-order valence-electron chi connectivity index (χ2n) is 16.8. The van der Waals surface area contributed by atoms with Crippen LogP contribution >= 0.6 is 0 Å². The molecule has 1 aliphatic rings. The molecule has 7 rings (SSSR count). The van der Waals surface area contributed by atoms with E-state index < -0.39 is 59.6 Å². The van der Waals surface area contributed by atoms with Gasteiger partial charge in [-0.2, -0.15) is 0 Å². The molecular formula is C48H57N11O6. The Morgan fingerprint density at radius 2 is 1.37 bits per heavy atom. The van der Waals surface area contributed by atoms with E-state index in [2.05, 4.69) is 30.6 Å². The summed E-state index contributed by atoms with van der Waals surface area (Å²) in [6, 6.07) is 20.0. The summed E-state index contributed by atoms with van der Waals surface area (Å²) in [6.07, 6.45) is 8.57. The van der Waals surface area contributed by atoms with Gasteiger partial charge in [0.05, 0.1) is 31.0 Å². The molecular weight excluding hydrogens is 827 g/mol. The lowest BCUT2D eigenvalue weighted by Crippen LogP contribution is -2.53. The Balaban J connectivity index is 1.13. The summed E-state index contributed by atoms with van der Waals surface area (Å²) < 4.78 is 0. The first-order chi connectivity index (χ1) is 31.5. The predicted octanol–water partition coefficient (Wildman–Crippen LogP) is 2.80. The quantitative estimate of drug-likeness (QED) is 0.0415. The van der Waals surface area contributed by atoms with Gasteiger partial charge in [-0.1, -0.05) is 66.7 Å². The van der Waals surface area contributed by atoms with Crippen LogP contribution in [0.3, 0.4) is 0 Å². The van der Waals surface area contributed by atoms with Gasteiger partial charge in [0, 0.05) is 90.8 Å². The number of aromatic amines is 3. The highest BCUT2D eigenvalue weighted by atomic mass is 16.2. The van der Waals surface area contributed by atoms with E-state index in [0.717, 1.165) is 38.5 Å². The van der Waals surface area contributed by atoms with Crippen LogP contribution in [0.25, 0.3) is 21.8 Å². The number of carbonyl (C=O) groups is 6. The van der Waals surface area contributed by atoms with Crippen LogP contribution in [0.2, 0.25) is 0 Å². The Hall–Kier alpha value is -7.11. The van der Waals surface area contributed by atoms with Crippen molar-refractivity contribution in [3.63, 3.8) is 0 Å². The molecule has 4 heterocycles. The highest BCUT2D eigenvalue weighted by molar-refractivity contribution is 5.97. The molecule has 6 aromatic rings. The Bertz CT molecular complexity index is 2590. The minimum absolute atomic E-state index is 0.125. The number of aromatic nitrogens is 4. The maximum absolute atomic E-state index is 14.9. The number of nitrogens with zero attached hydrogens (tertiary/aromatic N) is 3. The van der Waals surface area contributed by atoms with Crippen LogP contribution < -0.4 is 27.8 Å². The van der Waals surface area contributed by atoms with Crippen LogP contribution in [-0.4, -0.2) is 115 Å². The van der Waals surface area contributed by atoms with Gasteiger partial charge in [0.15, 0.2) is 11.6 Å². The molecule has 1 aliphatic heterocycles. The molecule has 340 valence electrons. The molecule has 1 fully saturated rings. The van der Waals surface area contributed by atoms with E-state index in [-0.39, 0.29) is 57.5 Å². The largest absolute Gasteiger partial charge is 0.368 e. The molecule has 5 atom stereocenters. The zero-order chi connectivity index (χ0) is 45.9. The maximum Gasteiger partial charge on any atom is 0.321 e. The maximum atomic E-state index is 14.9. The summed E-state index contributed by atoms with van der Waals surface area (Å²) >= 11 is 0. The number of benzene rings is 3. The van der Waals surface area contributed by atoms with E-state index in [1.807, 2.05) is 85.1 Å². The molecule has 11 N–H and O–H groups in total. The summed E-state index contributed by atoms with van der Waals surface area (Å²) in [5, 5.41) is 7.43. The number of hydrogen-bond acceptors (Lipinski definition) is 9. The van der Waals surface area contributed by atoms with Gasteiger partial charge in [-0.15, -0.1) is 0 Å². The molecule has 0 spiro atoms. The van der Waals surface area contributed by atoms with E-state index in [1.165, 1.54) is 16.1 Å². The number of rotatable bonds is 24. The van der Waals surface area contributed by atoms with Crippen LogP contribution in [-0.2, 0) is 49.7 Å². The molecule has 5 amide bonds. The fraction of sp³-hybridized carbons (Fsp3) is 0.354. The monoisotopic (exact) mass is 883 g/mol. The molecule has 65 heavy (non-hydrogen) atoms. The first-order valence-electron chi connectivity index (χ1n) is 22.1. The molecule has 1 saturated heterocycles. The van der Waals surface area contributed by atoms with Gasteiger partial charge in [0.1, 0.15) is 6.04 Å². The van der Waals surface area contributed by atoms with Crippen molar-refractivity contribution in [3.05, 3.63) is 126 Å². The number of carbonyl (C=O) groups excluding carboxylic acids is 6. The van der Waals surface area contributed by atoms with Gasteiger partial charge in [-0.3, -0.25) is 24.0 Å². The summed E-state index contributed by atoms with van der Waals surface area (Å²) in [7, 11) is 0. The number of Topliss-reactive ketones (excluding diaryl/α,β-unsaturated/α-hetero) is 2. The van der Waals surface area contributed by atoms with Crippen molar-refractivity contribution in [1.82, 2.24) is 40.4 Å². The van der Waals surface area contributed by atoms with Crippen LogP contribution in [0, 0.1) is 5.92 Å². The normalized spacial score (nSPS) is 15.1. The average Bonchev–Trinajstić information content (AvgIpc) is 4.13. The van der Waals surface area contributed by atoms with Gasteiger partial charge >= 0.3 is 6.03 Å². The molecule has 3 aromatic carbocycles. The van der Waals surface area contributed by atoms with Crippen molar-refractivity contribution in [2.24, 2.45) is 23.1 Å². The molecule has 17 nitrogen and oxygen atoms in total. The second kappa shape index (κ2) is 21.5. The number of primary amides is 1. The number of fused-ring (bicyclic) bond motifs is 2. The van der Waals surface area contributed by atoms with Gasteiger partial charge in [0.2, 0.25) is 17.7 Å². The van der Waals surface area contributed by atoms with Crippen molar-refractivity contribution in [1.29, 1.82) is 0 Å². The van der Waals surface area contributed by atoms with Crippen LogP contribution in [0.15, 0.2) is 104 Å². The van der Waals surface area contributed by atoms with Crippen molar-refractivity contribution in [3.8, 4) is 0 Å². The standard InChI is InChI=1S/C48H57N11O6/c49-17-9-8-16-40(45(51)62)56-46(63)31(20-30-10-2-1-3-11-30)23-43(60)42(22-33-26-54-39-15-7-5-13-36(33)39)59-19-18-58(48(59)65)28-44(61)41(21-32-25-53-38-14-6-4-12-35(32)38)57-47(64)37(50)24-34-27-52-29-55-34/h1-7,10-15,25-27,29,31,37,40-42,53-54H,8-9,16-24,28,49-50H2,(H2,51,62)(H,52,55)(H,56,63)(H,57,64)/t31-,37-,40-,41+,42-/m0/s1. The Morgan fingerprint density at radius 3 is 2.02 bits per heavy atom. The Labute approximate surface area is 376 Å². The minimum Gasteiger partial charge on any atom is -0.368 e. The predicted molar refractivity (Wildman–Crippen MR) is 246 cm³/mol. The van der Waals surface area contributed by atoms with E-state index >= 15 is 0 Å². The fourth-order valence-electron chi connectivity index (χ4n) is 8.62.